The van der Waals surface area contributed by atoms with E-state index in [1.165, 1.54) is 30.3 Å². The second kappa shape index (κ2) is 4.75. The average Bonchev–Trinajstić information content (AvgIpc) is 1.99. The van der Waals surface area contributed by atoms with Crippen molar-refractivity contribution in [1.29, 1.82) is 0 Å². The molecule has 1 aromatic rings. The van der Waals surface area contributed by atoms with Crippen LogP contribution in [0.3, 0.4) is 0 Å². The summed E-state index contributed by atoms with van der Waals surface area (Å²) in [6.45, 7) is 6.05. The summed E-state index contributed by atoms with van der Waals surface area (Å²) in [7, 11) is 0. The molecule has 0 saturated carbocycles. The maximum absolute atomic E-state index is 12.8. The SMILES string of the molecule is CC(C)(C)SN=Cc1cc(F)cc(F)c1. The first-order valence-corrected chi connectivity index (χ1v) is 5.32. The molecule has 1 nitrogen and oxygen atoms in total. The van der Waals surface area contributed by atoms with Gasteiger partial charge in [0.25, 0.3) is 0 Å². The zero-order valence-corrected chi connectivity index (χ0v) is 9.74. The molecule has 0 fully saturated rings. The molecule has 1 aromatic carbocycles. The lowest BCUT2D eigenvalue weighted by atomic mass is 10.2. The Hall–Kier alpha value is -0.900. The van der Waals surface area contributed by atoms with Crippen LogP contribution < -0.4 is 0 Å². The van der Waals surface area contributed by atoms with Gasteiger partial charge in [0.15, 0.2) is 0 Å². The third kappa shape index (κ3) is 4.93. The van der Waals surface area contributed by atoms with Crippen LogP contribution in [0.15, 0.2) is 22.6 Å². The molecular weight excluding hydrogens is 216 g/mol. The molecule has 0 aliphatic rings. The minimum Gasteiger partial charge on any atom is -0.223 e. The predicted octanol–water partition coefficient (Wildman–Crippen LogP) is 3.83. The van der Waals surface area contributed by atoms with Gasteiger partial charge >= 0.3 is 0 Å². The smallest absolute Gasteiger partial charge is 0.126 e. The summed E-state index contributed by atoms with van der Waals surface area (Å²) in [6, 6.07) is 3.33. The van der Waals surface area contributed by atoms with E-state index < -0.39 is 11.6 Å². The van der Waals surface area contributed by atoms with Crippen LogP contribution >= 0.6 is 11.9 Å². The van der Waals surface area contributed by atoms with Crippen molar-refractivity contribution in [2.24, 2.45) is 4.40 Å². The number of halogens is 2. The summed E-state index contributed by atoms with van der Waals surface area (Å²) < 4.78 is 29.6. The Morgan fingerprint density at radius 3 is 2.13 bits per heavy atom. The highest BCUT2D eigenvalue weighted by Crippen LogP contribution is 2.23. The fraction of sp³-hybridized carbons (Fsp3) is 0.364. The summed E-state index contributed by atoms with van der Waals surface area (Å²) in [5.74, 6) is -1.17. The van der Waals surface area contributed by atoms with Gasteiger partial charge in [-0.15, -0.1) is 0 Å². The summed E-state index contributed by atoms with van der Waals surface area (Å²) in [5.41, 5.74) is 0.434. The van der Waals surface area contributed by atoms with Gasteiger partial charge in [-0.1, -0.05) is 0 Å². The first-order valence-electron chi connectivity index (χ1n) is 4.54. The van der Waals surface area contributed by atoms with Crippen LogP contribution in [0.25, 0.3) is 0 Å². The number of nitrogens with zero attached hydrogens (tertiary/aromatic N) is 1. The number of hydrogen-bond acceptors (Lipinski definition) is 2. The molecular formula is C11H13F2NS. The highest BCUT2D eigenvalue weighted by atomic mass is 32.2. The van der Waals surface area contributed by atoms with Crippen LogP contribution in [-0.4, -0.2) is 11.0 Å². The Morgan fingerprint density at radius 1 is 1.13 bits per heavy atom. The second-order valence-electron chi connectivity index (χ2n) is 4.14. The maximum Gasteiger partial charge on any atom is 0.126 e. The molecule has 0 amide bonds. The van der Waals surface area contributed by atoms with Gasteiger partial charge in [-0.05, 0) is 50.4 Å². The Balaban J connectivity index is 2.72. The Labute approximate surface area is 92.7 Å². The monoisotopic (exact) mass is 229 g/mol. The van der Waals surface area contributed by atoms with E-state index in [9.17, 15) is 8.78 Å². The van der Waals surface area contributed by atoms with Crippen LogP contribution in [0.2, 0.25) is 0 Å². The van der Waals surface area contributed by atoms with Crippen molar-refractivity contribution in [3.05, 3.63) is 35.4 Å². The van der Waals surface area contributed by atoms with Crippen molar-refractivity contribution < 1.29 is 8.78 Å². The summed E-state index contributed by atoms with van der Waals surface area (Å²) in [5, 5.41) is 0. The van der Waals surface area contributed by atoms with E-state index in [2.05, 4.69) is 4.40 Å². The Bertz CT molecular complexity index is 349. The minimum atomic E-state index is -0.586. The molecule has 0 unspecified atom stereocenters. The van der Waals surface area contributed by atoms with E-state index in [4.69, 9.17) is 0 Å². The molecule has 0 aliphatic carbocycles. The Kier molecular flexibility index (Phi) is 3.85. The lowest BCUT2D eigenvalue weighted by molar-refractivity contribution is 0.583. The van der Waals surface area contributed by atoms with E-state index in [1.54, 1.807) is 0 Å². The Morgan fingerprint density at radius 2 is 1.67 bits per heavy atom. The minimum absolute atomic E-state index is 0.00235. The van der Waals surface area contributed by atoms with Crippen molar-refractivity contribution in [1.82, 2.24) is 0 Å². The van der Waals surface area contributed by atoms with Gasteiger partial charge in [0, 0.05) is 17.0 Å². The molecule has 1 rings (SSSR count). The highest BCUT2D eigenvalue weighted by molar-refractivity contribution is 7.99. The van der Waals surface area contributed by atoms with Crippen LogP contribution in [-0.2, 0) is 0 Å². The lowest BCUT2D eigenvalue weighted by Crippen LogP contribution is -2.05. The summed E-state index contributed by atoms with van der Waals surface area (Å²) in [4.78, 5) is 0. The van der Waals surface area contributed by atoms with E-state index in [1.807, 2.05) is 20.8 Å². The van der Waals surface area contributed by atoms with Gasteiger partial charge < -0.3 is 0 Å². The van der Waals surface area contributed by atoms with Gasteiger partial charge in [-0.2, -0.15) is 0 Å². The zero-order valence-electron chi connectivity index (χ0n) is 8.92. The van der Waals surface area contributed by atoms with Crippen molar-refractivity contribution in [3.8, 4) is 0 Å². The van der Waals surface area contributed by atoms with Crippen molar-refractivity contribution in [2.45, 2.75) is 25.5 Å². The fourth-order valence-electron chi connectivity index (χ4n) is 0.895. The standard InChI is InChI=1S/C11H13F2NS/c1-11(2,3)15-14-7-8-4-9(12)6-10(13)5-8/h4-7H,1-3H3. The molecule has 4 heteroatoms. The van der Waals surface area contributed by atoms with Gasteiger partial charge in [0.05, 0.1) is 0 Å². The fourth-order valence-corrected chi connectivity index (χ4v) is 1.39. The van der Waals surface area contributed by atoms with E-state index >= 15 is 0 Å². The third-order valence-corrected chi connectivity index (χ3v) is 2.17. The average molecular weight is 229 g/mol. The van der Waals surface area contributed by atoms with Gasteiger partial charge in [-0.3, -0.25) is 0 Å². The van der Waals surface area contributed by atoms with E-state index in [0.717, 1.165) is 6.07 Å². The van der Waals surface area contributed by atoms with E-state index in [0.29, 0.717) is 5.56 Å². The van der Waals surface area contributed by atoms with Crippen LogP contribution in [0.4, 0.5) is 8.78 Å². The molecule has 0 aliphatic heterocycles. The molecule has 15 heavy (non-hydrogen) atoms. The molecule has 0 saturated heterocycles. The second-order valence-corrected chi connectivity index (χ2v) is 5.76. The summed E-state index contributed by atoms with van der Waals surface area (Å²) >= 11 is 1.36. The normalized spacial score (nSPS) is 12.3. The highest BCUT2D eigenvalue weighted by Gasteiger charge is 2.09. The van der Waals surface area contributed by atoms with Crippen LogP contribution in [0.1, 0.15) is 26.3 Å². The van der Waals surface area contributed by atoms with Crippen molar-refractivity contribution >= 4 is 18.2 Å². The molecule has 0 radical (unpaired) electrons. The molecule has 0 spiro atoms. The first-order chi connectivity index (χ1) is 6.87. The first kappa shape index (κ1) is 12.2. The van der Waals surface area contributed by atoms with Crippen LogP contribution in [0.5, 0.6) is 0 Å². The molecule has 0 heterocycles. The van der Waals surface area contributed by atoms with Crippen molar-refractivity contribution in [3.63, 3.8) is 0 Å². The van der Waals surface area contributed by atoms with Gasteiger partial charge in [0.2, 0.25) is 0 Å². The molecule has 0 atom stereocenters. The lowest BCUT2D eigenvalue weighted by Gasteiger charge is -2.12. The summed E-state index contributed by atoms with van der Waals surface area (Å²) in [6.07, 6.45) is 1.46. The molecule has 0 N–H and O–H groups in total. The number of hydrogen-bond donors (Lipinski definition) is 0. The number of benzene rings is 1. The quantitative estimate of drug-likeness (QED) is 0.554. The zero-order chi connectivity index (χ0) is 11.5. The van der Waals surface area contributed by atoms with Crippen molar-refractivity contribution in [2.75, 3.05) is 0 Å². The maximum atomic E-state index is 12.8. The molecule has 0 bridgehead atoms. The molecule has 82 valence electrons. The topological polar surface area (TPSA) is 12.4 Å². The van der Waals surface area contributed by atoms with E-state index in [-0.39, 0.29) is 4.75 Å². The molecule has 0 aromatic heterocycles. The largest absolute Gasteiger partial charge is 0.223 e. The predicted molar refractivity (Wildman–Crippen MR) is 61.3 cm³/mol. The third-order valence-electron chi connectivity index (χ3n) is 1.41. The van der Waals surface area contributed by atoms with Gasteiger partial charge in [-0.25, -0.2) is 13.2 Å². The number of rotatable bonds is 2. The van der Waals surface area contributed by atoms with Gasteiger partial charge in [0.1, 0.15) is 11.6 Å². The van der Waals surface area contributed by atoms with Crippen LogP contribution in [0, 0.1) is 11.6 Å².